The predicted molar refractivity (Wildman–Crippen MR) is 161 cm³/mol. The second-order valence-electron chi connectivity index (χ2n) is 11.1. The molecular weight excluding hydrogens is 548 g/mol. The smallest absolute Gasteiger partial charge is 0.303 e. The third kappa shape index (κ3) is 8.49. The fraction of sp³-hybridized carbons (Fsp3) is 0.412. The number of hydrogen-bond donors (Lipinski definition) is 2. The molecule has 2 aliphatic heterocycles. The van der Waals surface area contributed by atoms with Gasteiger partial charge in [-0.25, -0.2) is 0 Å². The zero-order valence-corrected chi connectivity index (χ0v) is 24.7. The number of morpholine rings is 1. The molecule has 2 aliphatic rings. The summed E-state index contributed by atoms with van der Waals surface area (Å²) in [5.74, 6) is -0.838. The second-order valence-corrected chi connectivity index (χ2v) is 11.1. The Morgan fingerprint density at radius 3 is 2.40 bits per heavy atom. The van der Waals surface area contributed by atoms with E-state index in [2.05, 4.69) is 16.3 Å². The van der Waals surface area contributed by atoms with Gasteiger partial charge in [0.1, 0.15) is 0 Å². The van der Waals surface area contributed by atoms with Gasteiger partial charge in [-0.2, -0.15) is 0 Å². The fourth-order valence-electron chi connectivity index (χ4n) is 5.47. The molecule has 2 fully saturated rings. The number of aliphatic hydroxyl groups is 1. The molecule has 4 atom stereocenters. The number of carbonyl (C=O) groups is 2. The van der Waals surface area contributed by atoms with Crippen molar-refractivity contribution in [3.05, 3.63) is 95.1 Å². The van der Waals surface area contributed by atoms with E-state index < -0.39 is 18.4 Å². The summed E-state index contributed by atoms with van der Waals surface area (Å²) in [6, 6.07) is 24.1. The maximum atomic E-state index is 12.3. The molecule has 228 valence electrons. The van der Waals surface area contributed by atoms with Gasteiger partial charge in [0.15, 0.2) is 12.4 Å². The number of hydrogen-bond acceptors (Lipinski definition) is 8. The van der Waals surface area contributed by atoms with Crippen molar-refractivity contribution in [2.75, 3.05) is 32.8 Å². The first-order valence-corrected chi connectivity index (χ1v) is 14.8. The van der Waals surface area contributed by atoms with E-state index in [1.165, 1.54) is 6.92 Å². The van der Waals surface area contributed by atoms with Gasteiger partial charge in [-0.15, -0.1) is 0 Å². The lowest BCUT2D eigenvalue weighted by molar-refractivity contribution is -0.253. The van der Waals surface area contributed by atoms with E-state index in [0.29, 0.717) is 6.54 Å². The maximum absolute atomic E-state index is 12.3. The standard InChI is InChI=1S/C34H40N2O7/c1-23(41-24(2)38)33(39)35-20-26-5-3-6-28(17-26)29-7-4-8-30(18-29)34-42-31(21-36-13-15-40-16-14-36)19-32(43-34)27-11-9-25(22-37)10-12-27/h3-12,17-18,23,31-32,34,37H,13-16,19-22H2,1-2H3,(H,35,39). The minimum Gasteiger partial charge on any atom is -0.453 e. The van der Waals surface area contributed by atoms with Gasteiger partial charge in [0.05, 0.1) is 32.0 Å². The molecule has 0 spiro atoms. The van der Waals surface area contributed by atoms with Gasteiger partial charge in [0.25, 0.3) is 5.91 Å². The molecule has 0 saturated carbocycles. The number of carbonyl (C=O) groups excluding carboxylic acids is 2. The molecule has 2 saturated heterocycles. The van der Waals surface area contributed by atoms with Gasteiger partial charge in [-0.05, 0) is 46.9 Å². The third-order valence-electron chi connectivity index (χ3n) is 7.78. The van der Waals surface area contributed by atoms with Crippen LogP contribution in [0.25, 0.3) is 11.1 Å². The summed E-state index contributed by atoms with van der Waals surface area (Å²) >= 11 is 0. The first-order chi connectivity index (χ1) is 20.9. The normalized spacial score (nSPS) is 21.6. The van der Waals surface area contributed by atoms with Crippen molar-refractivity contribution in [3.63, 3.8) is 0 Å². The number of ether oxygens (including phenoxy) is 4. The van der Waals surface area contributed by atoms with Crippen LogP contribution >= 0.6 is 0 Å². The van der Waals surface area contributed by atoms with Crippen molar-refractivity contribution in [1.29, 1.82) is 0 Å². The number of benzene rings is 3. The van der Waals surface area contributed by atoms with Crippen molar-refractivity contribution < 1.29 is 33.6 Å². The molecule has 0 aromatic heterocycles. The molecule has 4 unspecified atom stereocenters. The van der Waals surface area contributed by atoms with Crippen molar-refractivity contribution in [2.24, 2.45) is 0 Å². The summed E-state index contributed by atoms with van der Waals surface area (Å²) in [6.45, 7) is 7.18. The molecule has 2 N–H and O–H groups in total. The highest BCUT2D eigenvalue weighted by atomic mass is 16.7. The number of nitrogens with one attached hydrogen (secondary N) is 1. The van der Waals surface area contributed by atoms with Crippen molar-refractivity contribution >= 4 is 11.9 Å². The number of aliphatic hydroxyl groups excluding tert-OH is 1. The van der Waals surface area contributed by atoms with Crippen LogP contribution in [0, 0.1) is 0 Å². The lowest BCUT2D eigenvalue weighted by Crippen LogP contribution is -2.44. The van der Waals surface area contributed by atoms with Crippen LogP contribution in [-0.2, 0) is 41.7 Å². The molecule has 5 rings (SSSR count). The Bertz CT molecular complexity index is 1370. The van der Waals surface area contributed by atoms with Gasteiger partial charge in [0, 0.05) is 45.1 Å². The molecule has 43 heavy (non-hydrogen) atoms. The van der Waals surface area contributed by atoms with E-state index in [4.69, 9.17) is 18.9 Å². The summed E-state index contributed by atoms with van der Waals surface area (Å²) in [5, 5.41) is 12.3. The van der Waals surface area contributed by atoms with Crippen LogP contribution in [0.3, 0.4) is 0 Å². The number of amides is 1. The molecule has 3 aromatic carbocycles. The Kier molecular flexibility index (Phi) is 10.6. The second kappa shape index (κ2) is 14.7. The minimum atomic E-state index is -0.851. The summed E-state index contributed by atoms with van der Waals surface area (Å²) in [7, 11) is 0. The molecule has 0 radical (unpaired) electrons. The van der Waals surface area contributed by atoms with Crippen LogP contribution in [0.4, 0.5) is 0 Å². The Hall–Kier alpha value is -3.60. The van der Waals surface area contributed by atoms with Crippen LogP contribution < -0.4 is 5.32 Å². The highest BCUT2D eigenvalue weighted by Gasteiger charge is 2.33. The van der Waals surface area contributed by atoms with Crippen molar-refractivity contribution in [2.45, 2.75) is 58.0 Å². The van der Waals surface area contributed by atoms with Crippen LogP contribution in [0.5, 0.6) is 0 Å². The molecule has 0 bridgehead atoms. The van der Waals surface area contributed by atoms with Gasteiger partial charge in [0.2, 0.25) is 0 Å². The van der Waals surface area contributed by atoms with E-state index in [1.54, 1.807) is 6.92 Å². The third-order valence-corrected chi connectivity index (χ3v) is 7.78. The highest BCUT2D eigenvalue weighted by molar-refractivity contribution is 5.82. The monoisotopic (exact) mass is 588 g/mol. The molecule has 0 aliphatic carbocycles. The van der Waals surface area contributed by atoms with Gasteiger partial charge in [-0.1, -0.05) is 60.7 Å². The summed E-state index contributed by atoms with van der Waals surface area (Å²) in [5.41, 5.74) is 5.78. The first kappa shape index (κ1) is 30.8. The zero-order valence-electron chi connectivity index (χ0n) is 24.7. The van der Waals surface area contributed by atoms with E-state index in [9.17, 15) is 14.7 Å². The predicted octanol–water partition coefficient (Wildman–Crippen LogP) is 4.29. The lowest BCUT2D eigenvalue weighted by atomic mass is 9.98. The topological polar surface area (TPSA) is 107 Å². The lowest BCUT2D eigenvalue weighted by Gasteiger charge is -2.39. The molecule has 3 aromatic rings. The van der Waals surface area contributed by atoms with Crippen molar-refractivity contribution in [3.8, 4) is 11.1 Å². The van der Waals surface area contributed by atoms with E-state index in [1.807, 2.05) is 66.7 Å². The van der Waals surface area contributed by atoms with Crippen LogP contribution in [0.1, 0.15) is 54.9 Å². The van der Waals surface area contributed by atoms with Crippen molar-refractivity contribution in [1.82, 2.24) is 10.2 Å². The largest absolute Gasteiger partial charge is 0.453 e. The molecule has 9 heteroatoms. The quantitative estimate of drug-likeness (QED) is 0.338. The average Bonchev–Trinajstić information content (AvgIpc) is 3.04. The zero-order chi connectivity index (χ0) is 30.2. The first-order valence-electron chi connectivity index (χ1n) is 14.8. The Labute approximate surface area is 252 Å². The SMILES string of the molecule is CC(=O)OC(C)C(=O)NCc1cccc(-c2cccc(C3OC(CN4CCOCC4)CC(c4ccc(CO)cc4)O3)c2)c1. The van der Waals surface area contributed by atoms with Crippen LogP contribution in [0.15, 0.2) is 72.8 Å². The van der Waals surface area contributed by atoms with Crippen LogP contribution in [0.2, 0.25) is 0 Å². The highest BCUT2D eigenvalue weighted by Crippen LogP contribution is 2.39. The fourth-order valence-corrected chi connectivity index (χ4v) is 5.47. The number of esters is 1. The number of nitrogens with zero attached hydrogens (tertiary/aromatic N) is 1. The van der Waals surface area contributed by atoms with E-state index >= 15 is 0 Å². The Morgan fingerprint density at radius 2 is 1.67 bits per heavy atom. The summed E-state index contributed by atoms with van der Waals surface area (Å²) < 4.78 is 23.7. The van der Waals surface area contributed by atoms with Gasteiger partial charge in [-0.3, -0.25) is 14.5 Å². The van der Waals surface area contributed by atoms with Gasteiger partial charge < -0.3 is 29.4 Å². The van der Waals surface area contributed by atoms with E-state index in [-0.39, 0.29) is 24.7 Å². The molecule has 9 nitrogen and oxygen atoms in total. The van der Waals surface area contributed by atoms with Crippen LogP contribution in [-0.4, -0.2) is 66.9 Å². The molecular formula is C34H40N2O7. The molecule has 1 amide bonds. The Morgan fingerprint density at radius 1 is 0.953 bits per heavy atom. The van der Waals surface area contributed by atoms with E-state index in [0.717, 1.165) is 72.6 Å². The summed E-state index contributed by atoms with van der Waals surface area (Å²) in [6.07, 6.45) is -0.841. The van der Waals surface area contributed by atoms with Gasteiger partial charge >= 0.3 is 5.97 Å². The average molecular weight is 589 g/mol. The molecule has 2 heterocycles. The Balaban J connectivity index is 1.32. The maximum Gasteiger partial charge on any atom is 0.303 e. The number of rotatable bonds is 10. The minimum absolute atomic E-state index is 0.00492. The summed E-state index contributed by atoms with van der Waals surface area (Å²) in [4.78, 5) is 25.9.